The number of rotatable bonds is 7. The third-order valence-corrected chi connectivity index (χ3v) is 4.48. The molecule has 7 nitrogen and oxygen atoms in total. The Hall–Kier alpha value is -2.15. The molecule has 0 amide bonds. The maximum atomic E-state index is 5.21. The monoisotopic (exact) mass is 344 g/mol. The van der Waals surface area contributed by atoms with Crippen LogP contribution < -0.4 is 10.2 Å². The Morgan fingerprint density at radius 3 is 3.00 bits per heavy atom. The highest BCUT2D eigenvalue weighted by atomic mass is 16.5. The number of anilines is 2. The third kappa shape index (κ3) is 4.48. The average molecular weight is 344 g/mol. The van der Waals surface area contributed by atoms with Gasteiger partial charge in [0, 0.05) is 57.2 Å². The van der Waals surface area contributed by atoms with E-state index in [0.29, 0.717) is 18.6 Å². The molecule has 1 fully saturated rings. The van der Waals surface area contributed by atoms with Gasteiger partial charge in [-0.15, -0.1) is 0 Å². The summed E-state index contributed by atoms with van der Waals surface area (Å²) in [5, 5.41) is 3.35. The lowest BCUT2D eigenvalue weighted by atomic mass is 9.97. The van der Waals surface area contributed by atoms with Crippen LogP contribution in [0.5, 0.6) is 0 Å². The van der Waals surface area contributed by atoms with Crippen LogP contribution in [0.3, 0.4) is 0 Å². The molecule has 7 heteroatoms. The van der Waals surface area contributed by atoms with E-state index in [0.717, 1.165) is 49.9 Å². The highest BCUT2D eigenvalue weighted by Crippen LogP contribution is 2.29. The Bertz CT molecular complexity index is 671. The number of methoxy groups -OCH3 is 1. The van der Waals surface area contributed by atoms with E-state index in [1.165, 1.54) is 0 Å². The second-order valence-electron chi connectivity index (χ2n) is 6.82. The molecule has 0 saturated carbocycles. The summed E-state index contributed by atoms with van der Waals surface area (Å²) in [6.45, 7) is 7.72. The second kappa shape index (κ2) is 8.29. The summed E-state index contributed by atoms with van der Waals surface area (Å²) < 4.78 is 7.42. The van der Waals surface area contributed by atoms with Crippen LogP contribution in [0.2, 0.25) is 0 Å². The maximum absolute atomic E-state index is 5.21. The fraction of sp³-hybridized carbons (Fsp3) is 0.611. The van der Waals surface area contributed by atoms with E-state index >= 15 is 0 Å². The summed E-state index contributed by atoms with van der Waals surface area (Å²) in [5.41, 5.74) is 0. The van der Waals surface area contributed by atoms with Crippen molar-refractivity contribution >= 4 is 11.6 Å². The number of hydrogen-bond donors (Lipinski definition) is 1. The van der Waals surface area contributed by atoms with Crippen molar-refractivity contribution in [2.75, 3.05) is 37.0 Å². The molecule has 0 bridgehead atoms. The van der Waals surface area contributed by atoms with E-state index in [1.54, 1.807) is 13.4 Å². The Balaban J connectivity index is 1.72. The van der Waals surface area contributed by atoms with Gasteiger partial charge >= 0.3 is 0 Å². The fourth-order valence-electron chi connectivity index (χ4n) is 3.35. The quantitative estimate of drug-likeness (QED) is 0.832. The summed E-state index contributed by atoms with van der Waals surface area (Å²) in [6, 6.07) is 2.39. The molecular weight excluding hydrogens is 316 g/mol. The number of imidazole rings is 1. The van der Waals surface area contributed by atoms with Crippen molar-refractivity contribution in [2.24, 2.45) is 0 Å². The molecule has 0 radical (unpaired) electrons. The van der Waals surface area contributed by atoms with E-state index in [9.17, 15) is 0 Å². The minimum Gasteiger partial charge on any atom is -0.383 e. The smallest absolute Gasteiger partial charge is 0.134 e. The lowest BCUT2D eigenvalue weighted by molar-refractivity contribution is 0.185. The van der Waals surface area contributed by atoms with Gasteiger partial charge in [-0.2, -0.15) is 0 Å². The van der Waals surface area contributed by atoms with Gasteiger partial charge in [-0.05, 0) is 26.7 Å². The van der Waals surface area contributed by atoms with Crippen LogP contribution >= 0.6 is 0 Å². The Labute approximate surface area is 149 Å². The van der Waals surface area contributed by atoms with Gasteiger partial charge in [-0.1, -0.05) is 0 Å². The largest absolute Gasteiger partial charge is 0.383 e. The number of aromatic nitrogens is 4. The van der Waals surface area contributed by atoms with Gasteiger partial charge in [-0.3, -0.25) is 0 Å². The molecule has 1 saturated heterocycles. The minimum absolute atomic E-state index is 0.352. The molecule has 0 spiro atoms. The van der Waals surface area contributed by atoms with Crippen LogP contribution in [0.25, 0.3) is 0 Å². The summed E-state index contributed by atoms with van der Waals surface area (Å²) in [6.07, 6.45) is 7.87. The highest BCUT2D eigenvalue weighted by Gasteiger charge is 2.25. The van der Waals surface area contributed by atoms with Gasteiger partial charge in [-0.25, -0.2) is 15.0 Å². The Morgan fingerprint density at radius 1 is 1.32 bits per heavy atom. The summed E-state index contributed by atoms with van der Waals surface area (Å²) >= 11 is 0. The molecule has 3 heterocycles. The first-order valence-electron chi connectivity index (χ1n) is 9.01. The number of nitrogens with one attached hydrogen (secondary N) is 1. The lowest BCUT2D eigenvalue weighted by Crippen LogP contribution is -2.36. The van der Waals surface area contributed by atoms with Gasteiger partial charge < -0.3 is 19.5 Å². The summed E-state index contributed by atoms with van der Waals surface area (Å²) in [4.78, 5) is 15.8. The number of piperidine rings is 1. The van der Waals surface area contributed by atoms with Gasteiger partial charge in [0.15, 0.2) is 0 Å². The molecule has 1 aliphatic rings. The minimum atomic E-state index is 0.352. The van der Waals surface area contributed by atoms with Crippen LogP contribution in [0.15, 0.2) is 24.8 Å². The molecular formula is C18H28N6O. The van der Waals surface area contributed by atoms with Crippen molar-refractivity contribution < 1.29 is 4.74 Å². The topological polar surface area (TPSA) is 68.1 Å². The molecule has 0 aliphatic carbocycles. The Morgan fingerprint density at radius 2 is 2.20 bits per heavy atom. The first-order chi connectivity index (χ1) is 12.2. The van der Waals surface area contributed by atoms with Gasteiger partial charge in [0.1, 0.15) is 23.8 Å². The van der Waals surface area contributed by atoms with E-state index in [-0.39, 0.29) is 0 Å². The first-order valence-corrected chi connectivity index (χ1v) is 9.01. The first kappa shape index (κ1) is 17.7. The number of nitrogens with zero attached hydrogens (tertiary/aromatic N) is 5. The standard InChI is InChI=1S/C18H28N6O/c1-14(2)22-16-11-17(21-13-20-16)24-7-4-5-15(12-24)18-19-6-8-23(18)9-10-25-3/h6,8,11,13-15H,4-5,7,9-10,12H2,1-3H3,(H,20,21,22)/t15-/m1/s1. The van der Waals surface area contributed by atoms with Crippen molar-refractivity contribution in [3.05, 3.63) is 30.6 Å². The van der Waals surface area contributed by atoms with E-state index in [2.05, 4.69) is 43.6 Å². The summed E-state index contributed by atoms with van der Waals surface area (Å²) in [7, 11) is 1.73. The van der Waals surface area contributed by atoms with Crippen LogP contribution in [0.4, 0.5) is 11.6 Å². The van der Waals surface area contributed by atoms with E-state index in [4.69, 9.17) is 4.74 Å². The predicted octanol–water partition coefficient (Wildman–Crippen LogP) is 2.52. The third-order valence-electron chi connectivity index (χ3n) is 4.48. The van der Waals surface area contributed by atoms with Crippen LogP contribution in [0.1, 0.15) is 38.4 Å². The zero-order valence-electron chi connectivity index (χ0n) is 15.4. The van der Waals surface area contributed by atoms with Crippen molar-refractivity contribution in [2.45, 2.75) is 45.2 Å². The zero-order chi connectivity index (χ0) is 17.6. The number of ether oxygens (including phenoxy) is 1. The predicted molar refractivity (Wildman–Crippen MR) is 99.1 cm³/mol. The molecule has 25 heavy (non-hydrogen) atoms. The van der Waals surface area contributed by atoms with Crippen molar-refractivity contribution in [1.29, 1.82) is 0 Å². The zero-order valence-corrected chi connectivity index (χ0v) is 15.4. The SMILES string of the molecule is COCCn1ccnc1[C@@H]1CCCN(c2cc(NC(C)C)ncn2)C1. The highest BCUT2D eigenvalue weighted by molar-refractivity contribution is 5.49. The van der Waals surface area contributed by atoms with E-state index in [1.807, 2.05) is 18.5 Å². The summed E-state index contributed by atoms with van der Waals surface area (Å²) in [5.74, 6) is 3.43. The fourth-order valence-corrected chi connectivity index (χ4v) is 3.35. The average Bonchev–Trinajstić information content (AvgIpc) is 3.08. The molecule has 1 N–H and O–H groups in total. The molecule has 0 unspecified atom stereocenters. The maximum Gasteiger partial charge on any atom is 0.134 e. The molecule has 1 atom stereocenters. The van der Waals surface area contributed by atoms with Crippen molar-refractivity contribution in [3.8, 4) is 0 Å². The van der Waals surface area contributed by atoms with Gasteiger partial charge in [0.25, 0.3) is 0 Å². The Kier molecular flexibility index (Phi) is 5.86. The van der Waals surface area contributed by atoms with Gasteiger partial charge in [0.05, 0.1) is 6.61 Å². The number of hydrogen-bond acceptors (Lipinski definition) is 6. The van der Waals surface area contributed by atoms with Crippen LogP contribution in [-0.4, -0.2) is 52.4 Å². The second-order valence-corrected chi connectivity index (χ2v) is 6.82. The molecule has 2 aromatic rings. The van der Waals surface area contributed by atoms with Crippen LogP contribution in [-0.2, 0) is 11.3 Å². The normalized spacial score (nSPS) is 17.9. The molecule has 0 aromatic carbocycles. The lowest BCUT2D eigenvalue weighted by Gasteiger charge is -2.33. The molecule has 2 aromatic heterocycles. The molecule has 136 valence electrons. The van der Waals surface area contributed by atoms with Crippen molar-refractivity contribution in [1.82, 2.24) is 19.5 Å². The van der Waals surface area contributed by atoms with Crippen molar-refractivity contribution in [3.63, 3.8) is 0 Å². The van der Waals surface area contributed by atoms with Gasteiger partial charge in [0.2, 0.25) is 0 Å². The molecule has 3 rings (SSSR count). The van der Waals surface area contributed by atoms with E-state index < -0.39 is 0 Å². The van der Waals surface area contributed by atoms with Crippen LogP contribution in [0, 0.1) is 0 Å². The molecule has 1 aliphatic heterocycles.